The van der Waals surface area contributed by atoms with Gasteiger partial charge in [0.25, 0.3) is 5.69 Å². The highest BCUT2D eigenvalue weighted by Gasteiger charge is 2.18. The van der Waals surface area contributed by atoms with Crippen LogP contribution in [0, 0.1) is 10.1 Å². The molecule has 3 rings (SSSR count). The molecule has 6 nitrogen and oxygen atoms in total. The molecular weight excluding hydrogens is 410 g/mol. The number of nitrogens with zero attached hydrogens (tertiary/aromatic N) is 3. The smallest absolute Gasteiger partial charge is 0.270 e. The van der Waals surface area contributed by atoms with Crippen molar-refractivity contribution in [2.45, 2.75) is 6.61 Å². The first-order valence-electron chi connectivity index (χ1n) is 7.29. The molecule has 0 atom stereocenters. The van der Waals surface area contributed by atoms with Crippen LogP contribution in [0.5, 0.6) is 5.75 Å². The molecule has 128 valence electrons. The maximum atomic E-state index is 11.1. The zero-order chi connectivity index (χ0) is 18.0. The van der Waals surface area contributed by atoms with E-state index < -0.39 is 4.92 Å². The zero-order valence-electron chi connectivity index (χ0n) is 13.1. The molecule has 1 heterocycles. The van der Waals surface area contributed by atoms with Crippen LogP contribution in [-0.4, -0.2) is 14.7 Å². The SMILES string of the molecule is Cn1ncc(Br)c1-c1cc([N+](=O)[O-])ccc1OCc1ccc(Cl)cc1. The van der Waals surface area contributed by atoms with Crippen molar-refractivity contribution in [1.29, 1.82) is 0 Å². The summed E-state index contributed by atoms with van der Waals surface area (Å²) in [6.07, 6.45) is 1.64. The fourth-order valence-electron chi connectivity index (χ4n) is 2.40. The summed E-state index contributed by atoms with van der Waals surface area (Å²) in [6.45, 7) is 0.317. The highest BCUT2D eigenvalue weighted by molar-refractivity contribution is 9.10. The van der Waals surface area contributed by atoms with Crippen LogP contribution in [0.1, 0.15) is 5.56 Å². The Morgan fingerprint density at radius 3 is 2.60 bits per heavy atom. The van der Waals surface area contributed by atoms with Crippen LogP contribution in [0.2, 0.25) is 5.02 Å². The fraction of sp³-hybridized carbons (Fsp3) is 0.118. The molecule has 0 saturated carbocycles. The van der Waals surface area contributed by atoms with Crippen LogP contribution in [0.3, 0.4) is 0 Å². The molecule has 3 aromatic rings. The second-order valence-corrected chi connectivity index (χ2v) is 6.61. The number of nitro groups is 1. The second-order valence-electron chi connectivity index (χ2n) is 5.32. The zero-order valence-corrected chi connectivity index (χ0v) is 15.5. The molecule has 0 aliphatic heterocycles. The Bertz CT molecular complexity index is 906. The summed E-state index contributed by atoms with van der Waals surface area (Å²) < 4.78 is 8.27. The number of benzene rings is 2. The summed E-state index contributed by atoms with van der Waals surface area (Å²) in [7, 11) is 1.77. The van der Waals surface area contributed by atoms with Crippen molar-refractivity contribution in [2.75, 3.05) is 0 Å². The van der Waals surface area contributed by atoms with E-state index in [0.717, 1.165) is 10.0 Å². The van der Waals surface area contributed by atoms with Crippen molar-refractivity contribution in [3.63, 3.8) is 0 Å². The Kier molecular flexibility index (Phi) is 5.06. The normalized spacial score (nSPS) is 10.7. The Labute approximate surface area is 157 Å². The Morgan fingerprint density at radius 2 is 2.00 bits per heavy atom. The van der Waals surface area contributed by atoms with Crippen molar-refractivity contribution in [2.24, 2.45) is 7.05 Å². The average Bonchev–Trinajstić information content (AvgIpc) is 2.93. The van der Waals surface area contributed by atoms with Crippen molar-refractivity contribution in [3.05, 3.63) is 73.8 Å². The van der Waals surface area contributed by atoms with Crippen molar-refractivity contribution < 1.29 is 9.66 Å². The Morgan fingerprint density at radius 1 is 1.28 bits per heavy atom. The molecule has 0 unspecified atom stereocenters. The van der Waals surface area contributed by atoms with Gasteiger partial charge in [0.05, 0.1) is 21.3 Å². The quantitative estimate of drug-likeness (QED) is 0.429. The van der Waals surface area contributed by atoms with Gasteiger partial charge in [-0.05, 0) is 39.7 Å². The summed E-state index contributed by atoms with van der Waals surface area (Å²) in [4.78, 5) is 10.7. The number of hydrogen-bond acceptors (Lipinski definition) is 4. The first-order chi connectivity index (χ1) is 12.0. The number of nitro benzene ring substituents is 1. The standard InChI is InChI=1S/C17H13BrClN3O3/c1-21-17(15(18)9-20-21)14-8-13(22(23)24)6-7-16(14)25-10-11-2-4-12(19)5-3-11/h2-9H,10H2,1H3. The summed E-state index contributed by atoms with van der Waals surface area (Å²) in [6, 6.07) is 11.8. The summed E-state index contributed by atoms with van der Waals surface area (Å²) >= 11 is 9.31. The highest BCUT2D eigenvalue weighted by Crippen LogP contribution is 2.37. The predicted octanol–water partition coefficient (Wildman–Crippen LogP) is 4.99. The van der Waals surface area contributed by atoms with Crippen LogP contribution in [-0.2, 0) is 13.7 Å². The van der Waals surface area contributed by atoms with Gasteiger partial charge in [0.1, 0.15) is 12.4 Å². The largest absolute Gasteiger partial charge is 0.488 e. The second kappa shape index (κ2) is 7.25. The molecule has 0 N–H and O–H groups in total. The minimum atomic E-state index is -0.434. The molecule has 0 fully saturated rings. The third kappa shape index (κ3) is 3.83. The lowest BCUT2D eigenvalue weighted by Gasteiger charge is -2.12. The van der Waals surface area contributed by atoms with E-state index in [2.05, 4.69) is 21.0 Å². The number of hydrogen-bond donors (Lipinski definition) is 0. The molecular formula is C17H13BrClN3O3. The topological polar surface area (TPSA) is 70.2 Å². The van der Waals surface area contributed by atoms with E-state index in [1.54, 1.807) is 36.1 Å². The van der Waals surface area contributed by atoms with Crippen LogP contribution < -0.4 is 4.74 Å². The summed E-state index contributed by atoms with van der Waals surface area (Å²) in [5.41, 5.74) is 2.23. The lowest BCUT2D eigenvalue weighted by molar-refractivity contribution is -0.384. The van der Waals surface area contributed by atoms with Gasteiger partial charge in [0.15, 0.2) is 0 Å². The minimum Gasteiger partial charge on any atom is -0.488 e. The maximum absolute atomic E-state index is 11.1. The van der Waals surface area contributed by atoms with Gasteiger partial charge in [-0.2, -0.15) is 5.10 Å². The molecule has 1 aromatic heterocycles. The number of non-ortho nitro benzene ring substituents is 1. The molecule has 0 aliphatic carbocycles. The van der Waals surface area contributed by atoms with E-state index in [1.807, 2.05) is 12.1 Å². The van der Waals surface area contributed by atoms with Gasteiger partial charge in [-0.1, -0.05) is 23.7 Å². The van der Waals surface area contributed by atoms with Gasteiger partial charge in [0, 0.05) is 29.8 Å². The summed E-state index contributed by atoms with van der Waals surface area (Å²) in [5, 5.41) is 16.0. The molecule has 0 amide bonds. The van der Waals surface area contributed by atoms with E-state index in [1.165, 1.54) is 12.1 Å². The highest BCUT2D eigenvalue weighted by atomic mass is 79.9. The lowest BCUT2D eigenvalue weighted by atomic mass is 10.1. The van der Waals surface area contributed by atoms with Gasteiger partial charge in [-0.25, -0.2) is 0 Å². The number of rotatable bonds is 5. The van der Waals surface area contributed by atoms with E-state index >= 15 is 0 Å². The van der Waals surface area contributed by atoms with Crippen molar-refractivity contribution >= 4 is 33.2 Å². The first kappa shape index (κ1) is 17.4. The number of aromatic nitrogens is 2. The number of ether oxygens (including phenoxy) is 1. The van der Waals surface area contributed by atoms with E-state index in [9.17, 15) is 10.1 Å². The van der Waals surface area contributed by atoms with Gasteiger partial charge in [0.2, 0.25) is 0 Å². The van der Waals surface area contributed by atoms with Gasteiger partial charge < -0.3 is 4.74 Å². The third-order valence-electron chi connectivity index (χ3n) is 3.63. The van der Waals surface area contributed by atoms with Gasteiger partial charge in [-0.15, -0.1) is 0 Å². The molecule has 0 saturated heterocycles. The number of halogens is 2. The Hall–Kier alpha value is -2.38. The molecule has 0 bridgehead atoms. The van der Waals surface area contributed by atoms with Gasteiger partial charge in [-0.3, -0.25) is 14.8 Å². The van der Waals surface area contributed by atoms with Crippen LogP contribution in [0.25, 0.3) is 11.3 Å². The van der Waals surface area contributed by atoms with Crippen molar-refractivity contribution in [3.8, 4) is 17.0 Å². The molecule has 0 spiro atoms. The van der Waals surface area contributed by atoms with Crippen LogP contribution in [0.4, 0.5) is 5.69 Å². The van der Waals surface area contributed by atoms with E-state index in [4.69, 9.17) is 16.3 Å². The average molecular weight is 423 g/mol. The fourth-order valence-corrected chi connectivity index (χ4v) is 3.09. The van der Waals surface area contributed by atoms with Crippen LogP contribution >= 0.6 is 27.5 Å². The maximum Gasteiger partial charge on any atom is 0.270 e. The minimum absolute atomic E-state index is 0.0121. The molecule has 25 heavy (non-hydrogen) atoms. The van der Waals surface area contributed by atoms with E-state index in [0.29, 0.717) is 28.6 Å². The third-order valence-corrected chi connectivity index (χ3v) is 4.46. The molecule has 2 aromatic carbocycles. The first-order valence-corrected chi connectivity index (χ1v) is 8.46. The van der Waals surface area contributed by atoms with E-state index in [-0.39, 0.29) is 5.69 Å². The Balaban J connectivity index is 1.98. The lowest BCUT2D eigenvalue weighted by Crippen LogP contribution is -2.01. The van der Waals surface area contributed by atoms with Crippen molar-refractivity contribution in [1.82, 2.24) is 9.78 Å². The van der Waals surface area contributed by atoms with Crippen LogP contribution in [0.15, 0.2) is 53.1 Å². The molecule has 0 radical (unpaired) electrons. The number of aryl methyl sites for hydroxylation is 1. The molecule has 0 aliphatic rings. The monoisotopic (exact) mass is 421 g/mol. The van der Waals surface area contributed by atoms with Gasteiger partial charge >= 0.3 is 0 Å². The predicted molar refractivity (Wildman–Crippen MR) is 98.8 cm³/mol. The molecule has 8 heteroatoms. The summed E-state index contributed by atoms with van der Waals surface area (Å²) in [5.74, 6) is 0.532.